The van der Waals surface area contributed by atoms with E-state index in [0.29, 0.717) is 5.03 Å². The van der Waals surface area contributed by atoms with Crippen LogP contribution in [0.1, 0.15) is 20.3 Å². The van der Waals surface area contributed by atoms with Crippen molar-refractivity contribution in [3.05, 3.63) is 35.4 Å². The maximum Gasteiger partial charge on any atom is 0.0334 e. The van der Waals surface area contributed by atoms with Gasteiger partial charge < -0.3 is 0 Å². The lowest BCUT2D eigenvalue weighted by Gasteiger charge is -1.92. The number of hydrogen-bond acceptors (Lipinski definition) is 0. The molecule has 0 aliphatic heterocycles. The highest BCUT2D eigenvalue weighted by atomic mass is 35.5. The molecule has 0 aliphatic rings. The first-order valence-corrected chi connectivity index (χ1v) is 3.76. The summed E-state index contributed by atoms with van der Waals surface area (Å²) < 4.78 is 0. The molecule has 0 aromatic carbocycles. The third kappa shape index (κ3) is 4.39. The molecule has 0 aromatic heterocycles. The fourth-order valence-corrected chi connectivity index (χ4v) is 0.679. The lowest BCUT2D eigenvalue weighted by Crippen LogP contribution is -1.71. The van der Waals surface area contributed by atoms with Crippen molar-refractivity contribution in [3.63, 3.8) is 0 Å². The van der Waals surface area contributed by atoms with Crippen LogP contribution in [0, 0.1) is 0 Å². The smallest absolute Gasteiger partial charge is 0.0334 e. The zero-order valence-electron chi connectivity index (χ0n) is 6.52. The Morgan fingerprint density at radius 1 is 1.50 bits per heavy atom. The molecule has 0 amide bonds. The highest BCUT2D eigenvalue weighted by Gasteiger charge is 1.83. The molecule has 0 saturated carbocycles. The van der Waals surface area contributed by atoms with Crippen LogP contribution in [-0.4, -0.2) is 0 Å². The van der Waals surface area contributed by atoms with Crippen LogP contribution in [0.25, 0.3) is 0 Å². The molecule has 0 spiro atoms. The van der Waals surface area contributed by atoms with Gasteiger partial charge in [0, 0.05) is 5.03 Å². The SMILES string of the molecule is C=C(Cl)/C=C\C(=C/C)CC. The molecule has 0 fully saturated rings. The monoisotopic (exact) mass is 156 g/mol. The third-order valence-corrected chi connectivity index (χ3v) is 1.38. The summed E-state index contributed by atoms with van der Waals surface area (Å²) in [4.78, 5) is 0. The van der Waals surface area contributed by atoms with E-state index in [1.165, 1.54) is 5.57 Å². The number of allylic oxidation sites excluding steroid dienone is 5. The van der Waals surface area contributed by atoms with Gasteiger partial charge in [0.05, 0.1) is 0 Å². The van der Waals surface area contributed by atoms with Crippen LogP contribution in [0.3, 0.4) is 0 Å². The average Bonchev–Trinajstić information content (AvgIpc) is 1.90. The second-order valence-corrected chi connectivity index (χ2v) is 2.48. The molecule has 0 nitrogen and oxygen atoms in total. The molecule has 0 radical (unpaired) electrons. The van der Waals surface area contributed by atoms with Crippen LogP contribution < -0.4 is 0 Å². The molecule has 0 bridgehead atoms. The Bertz CT molecular complexity index is 164. The van der Waals surface area contributed by atoms with E-state index in [0.717, 1.165) is 6.42 Å². The van der Waals surface area contributed by atoms with Gasteiger partial charge in [0.1, 0.15) is 0 Å². The topological polar surface area (TPSA) is 0 Å². The fourth-order valence-electron chi connectivity index (χ4n) is 0.616. The highest BCUT2D eigenvalue weighted by Crippen LogP contribution is 2.05. The van der Waals surface area contributed by atoms with E-state index >= 15 is 0 Å². The van der Waals surface area contributed by atoms with Crippen LogP contribution in [-0.2, 0) is 0 Å². The molecule has 0 N–H and O–H groups in total. The quantitative estimate of drug-likeness (QED) is 0.548. The predicted molar refractivity (Wildman–Crippen MR) is 48.2 cm³/mol. The number of halogens is 1. The van der Waals surface area contributed by atoms with Crippen LogP contribution in [0.2, 0.25) is 0 Å². The Morgan fingerprint density at radius 3 is 2.40 bits per heavy atom. The lowest BCUT2D eigenvalue weighted by molar-refractivity contribution is 1.14. The van der Waals surface area contributed by atoms with Crippen LogP contribution >= 0.6 is 11.6 Å². The molecular formula is C9H13Cl. The summed E-state index contributed by atoms with van der Waals surface area (Å²) in [6.07, 6.45) is 6.89. The molecule has 1 heteroatoms. The van der Waals surface area contributed by atoms with Gasteiger partial charge in [-0.15, -0.1) is 0 Å². The van der Waals surface area contributed by atoms with Crippen LogP contribution in [0.15, 0.2) is 35.4 Å². The van der Waals surface area contributed by atoms with Gasteiger partial charge in [-0.25, -0.2) is 0 Å². The normalized spacial score (nSPS) is 12.5. The van der Waals surface area contributed by atoms with Crippen LogP contribution in [0.4, 0.5) is 0 Å². The molecule has 0 heterocycles. The minimum absolute atomic E-state index is 0.577. The zero-order chi connectivity index (χ0) is 7.98. The molecule has 0 rings (SSSR count). The largest absolute Gasteiger partial charge is 0.0850 e. The van der Waals surface area contributed by atoms with Gasteiger partial charge in [0.2, 0.25) is 0 Å². The average molecular weight is 157 g/mol. The van der Waals surface area contributed by atoms with Crippen molar-refractivity contribution in [1.29, 1.82) is 0 Å². The van der Waals surface area contributed by atoms with E-state index in [9.17, 15) is 0 Å². The molecule has 56 valence electrons. The summed E-state index contributed by atoms with van der Waals surface area (Å²) in [5.41, 5.74) is 1.28. The van der Waals surface area contributed by atoms with Gasteiger partial charge in [-0.2, -0.15) is 0 Å². The van der Waals surface area contributed by atoms with Crippen molar-refractivity contribution in [3.8, 4) is 0 Å². The van der Waals surface area contributed by atoms with E-state index in [-0.39, 0.29) is 0 Å². The minimum Gasteiger partial charge on any atom is -0.0850 e. The van der Waals surface area contributed by atoms with Crippen molar-refractivity contribution in [2.45, 2.75) is 20.3 Å². The molecule has 0 atom stereocenters. The van der Waals surface area contributed by atoms with Gasteiger partial charge >= 0.3 is 0 Å². The van der Waals surface area contributed by atoms with Gasteiger partial charge in [-0.1, -0.05) is 42.8 Å². The first kappa shape index (κ1) is 9.51. The first-order chi connectivity index (χ1) is 4.70. The molecule has 0 aliphatic carbocycles. The summed E-state index contributed by atoms with van der Waals surface area (Å²) in [5.74, 6) is 0. The Hall–Kier alpha value is -0.490. The Labute approximate surface area is 67.9 Å². The molecule has 0 saturated heterocycles. The van der Waals surface area contributed by atoms with Crippen molar-refractivity contribution in [2.24, 2.45) is 0 Å². The number of rotatable bonds is 3. The van der Waals surface area contributed by atoms with Gasteiger partial charge in [0.25, 0.3) is 0 Å². The standard InChI is InChI=1S/C9H13Cl/c1-4-9(5-2)7-6-8(3)10/h4,6-7H,3,5H2,1-2H3/b7-6-,9-4-. The fraction of sp³-hybridized carbons (Fsp3) is 0.333. The van der Waals surface area contributed by atoms with Crippen molar-refractivity contribution >= 4 is 11.6 Å². The molecule has 10 heavy (non-hydrogen) atoms. The molecular weight excluding hydrogens is 144 g/mol. The maximum absolute atomic E-state index is 5.53. The van der Waals surface area contributed by atoms with Gasteiger partial charge in [0.15, 0.2) is 0 Å². The predicted octanol–water partition coefficient (Wildman–Crippen LogP) is 3.65. The zero-order valence-corrected chi connectivity index (χ0v) is 7.28. The highest BCUT2D eigenvalue weighted by molar-refractivity contribution is 6.30. The van der Waals surface area contributed by atoms with E-state index in [4.69, 9.17) is 11.6 Å². The minimum atomic E-state index is 0.577. The maximum atomic E-state index is 5.53. The van der Waals surface area contributed by atoms with E-state index in [1.807, 2.05) is 13.0 Å². The molecule has 0 aromatic rings. The second kappa shape index (κ2) is 5.31. The Balaban J connectivity index is 3.98. The van der Waals surface area contributed by atoms with Gasteiger partial charge in [-0.3, -0.25) is 0 Å². The van der Waals surface area contributed by atoms with E-state index in [1.54, 1.807) is 6.08 Å². The second-order valence-electron chi connectivity index (χ2n) is 2.00. The lowest BCUT2D eigenvalue weighted by atomic mass is 10.2. The van der Waals surface area contributed by atoms with Gasteiger partial charge in [-0.05, 0) is 19.4 Å². The van der Waals surface area contributed by atoms with E-state index in [2.05, 4.69) is 19.6 Å². The summed E-state index contributed by atoms with van der Waals surface area (Å²) >= 11 is 5.53. The number of hydrogen-bond donors (Lipinski definition) is 0. The summed E-state index contributed by atoms with van der Waals surface area (Å²) in [7, 11) is 0. The summed E-state index contributed by atoms with van der Waals surface area (Å²) in [5, 5.41) is 0.577. The summed E-state index contributed by atoms with van der Waals surface area (Å²) in [6.45, 7) is 7.67. The van der Waals surface area contributed by atoms with E-state index < -0.39 is 0 Å². The van der Waals surface area contributed by atoms with Crippen molar-refractivity contribution in [2.75, 3.05) is 0 Å². The Kier molecular flexibility index (Phi) is 5.05. The Morgan fingerprint density at radius 2 is 2.10 bits per heavy atom. The third-order valence-electron chi connectivity index (χ3n) is 1.26. The first-order valence-electron chi connectivity index (χ1n) is 3.38. The van der Waals surface area contributed by atoms with Crippen molar-refractivity contribution < 1.29 is 0 Å². The molecule has 0 unspecified atom stereocenters. The van der Waals surface area contributed by atoms with Crippen LogP contribution in [0.5, 0.6) is 0 Å². The van der Waals surface area contributed by atoms with Crippen molar-refractivity contribution in [1.82, 2.24) is 0 Å². The summed E-state index contributed by atoms with van der Waals surface area (Å²) in [6, 6.07) is 0.